The molecule has 2 fully saturated rings. The Kier molecular flexibility index (Phi) is 4.84. The number of rotatable bonds is 5. The summed E-state index contributed by atoms with van der Waals surface area (Å²) in [5.74, 6) is -0.656. The molecule has 2 saturated heterocycles. The monoisotopic (exact) mass is 390 g/mol. The molecule has 9 nitrogen and oxygen atoms in total. The first-order valence-corrected chi connectivity index (χ1v) is 9.56. The minimum Gasteiger partial charge on any atom is -0.463 e. The summed E-state index contributed by atoms with van der Waals surface area (Å²) in [6.07, 6.45) is 2.43. The Hall–Kier alpha value is -2.10. The molecule has 2 aliphatic heterocycles. The number of hydrogen-bond acceptors (Lipinski definition) is 8. The summed E-state index contributed by atoms with van der Waals surface area (Å²) in [6, 6.07) is 0. The highest BCUT2D eigenvalue weighted by atomic mass is 16.8. The van der Waals surface area contributed by atoms with Crippen LogP contribution in [0.15, 0.2) is 12.7 Å². The lowest BCUT2D eigenvalue weighted by molar-refractivity contribution is -0.201. The van der Waals surface area contributed by atoms with E-state index in [1.54, 1.807) is 12.7 Å². The lowest BCUT2D eigenvalue weighted by Gasteiger charge is -2.24. The summed E-state index contributed by atoms with van der Waals surface area (Å²) in [7, 11) is 0. The van der Waals surface area contributed by atoms with E-state index >= 15 is 0 Å². The number of aromatic nitrogens is 4. The summed E-state index contributed by atoms with van der Waals surface area (Å²) >= 11 is 0. The topological polar surface area (TPSA) is 97.6 Å². The second kappa shape index (κ2) is 7.06. The van der Waals surface area contributed by atoms with E-state index in [0.717, 1.165) is 17.6 Å². The SMILES string of the molecule is CC(=O)OC[C@H]1O[C@@H](n2cnc3c(CC(C)C)ncnc32)[C@@H]2OC(C)(C)O[C@@H]21. The standard InChI is InChI=1S/C19H26N4O5/c1-10(2)6-12-14-17(21-8-20-12)23(9-22-14)18-16-15(27-19(4,5)28-16)13(26-18)7-25-11(3)24/h8-10,13,15-16,18H,6-7H2,1-5H3/t13-,15-,16-,18-/m1/s1. The number of nitrogens with zero attached hydrogens (tertiary/aromatic N) is 4. The van der Waals surface area contributed by atoms with Crippen molar-refractivity contribution in [1.29, 1.82) is 0 Å². The lowest BCUT2D eigenvalue weighted by atomic mass is 10.1. The largest absolute Gasteiger partial charge is 0.463 e. The van der Waals surface area contributed by atoms with Crippen LogP contribution in [0.3, 0.4) is 0 Å². The number of carbonyl (C=O) groups excluding carboxylic acids is 1. The molecular formula is C19H26N4O5. The van der Waals surface area contributed by atoms with Crippen LogP contribution in [0.1, 0.15) is 46.5 Å². The van der Waals surface area contributed by atoms with Gasteiger partial charge in [-0.3, -0.25) is 9.36 Å². The van der Waals surface area contributed by atoms with E-state index < -0.39 is 18.1 Å². The Morgan fingerprint density at radius 3 is 2.71 bits per heavy atom. The molecule has 0 bridgehead atoms. The Labute approximate surface area is 163 Å². The van der Waals surface area contributed by atoms with Crippen LogP contribution >= 0.6 is 0 Å². The molecule has 0 N–H and O–H groups in total. The lowest BCUT2D eigenvalue weighted by Crippen LogP contribution is -2.33. The van der Waals surface area contributed by atoms with Crippen molar-refractivity contribution in [3.63, 3.8) is 0 Å². The van der Waals surface area contributed by atoms with Crippen molar-refractivity contribution in [3.05, 3.63) is 18.3 Å². The fourth-order valence-corrected chi connectivity index (χ4v) is 3.84. The van der Waals surface area contributed by atoms with Gasteiger partial charge < -0.3 is 18.9 Å². The molecule has 0 unspecified atom stereocenters. The normalized spacial score (nSPS) is 28.8. The van der Waals surface area contributed by atoms with Gasteiger partial charge in [0.1, 0.15) is 36.8 Å². The van der Waals surface area contributed by atoms with Crippen LogP contribution in [0.25, 0.3) is 11.2 Å². The number of hydrogen-bond donors (Lipinski definition) is 0. The third-order valence-electron chi connectivity index (χ3n) is 4.89. The second-order valence-corrected chi connectivity index (χ2v) is 8.17. The molecule has 4 atom stereocenters. The zero-order chi connectivity index (χ0) is 20.1. The van der Waals surface area contributed by atoms with Gasteiger partial charge >= 0.3 is 5.97 Å². The molecule has 2 aromatic rings. The third kappa shape index (κ3) is 3.49. The van der Waals surface area contributed by atoms with E-state index in [4.69, 9.17) is 18.9 Å². The molecule has 9 heteroatoms. The summed E-state index contributed by atoms with van der Waals surface area (Å²) in [4.78, 5) is 24.6. The smallest absolute Gasteiger partial charge is 0.302 e. The van der Waals surface area contributed by atoms with Crippen LogP contribution in [-0.2, 0) is 30.2 Å². The predicted molar refractivity (Wildman–Crippen MR) is 98.2 cm³/mol. The number of carbonyl (C=O) groups is 1. The van der Waals surface area contributed by atoms with Crippen LogP contribution in [0.5, 0.6) is 0 Å². The van der Waals surface area contributed by atoms with Gasteiger partial charge in [-0.2, -0.15) is 0 Å². The molecule has 0 aromatic carbocycles. The fraction of sp³-hybridized carbons (Fsp3) is 0.684. The maximum Gasteiger partial charge on any atom is 0.302 e. The van der Waals surface area contributed by atoms with E-state index in [1.807, 2.05) is 18.4 Å². The molecule has 4 rings (SSSR count). The maximum absolute atomic E-state index is 11.2. The number of imidazole rings is 1. The molecule has 0 spiro atoms. The van der Waals surface area contributed by atoms with Gasteiger partial charge in [0.05, 0.1) is 12.0 Å². The first-order chi connectivity index (χ1) is 13.2. The van der Waals surface area contributed by atoms with Crippen LogP contribution in [0.4, 0.5) is 0 Å². The van der Waals surface area contributed by atoms with Gasteiger partial charge in [-0.1, -0.05) is 13.8 Å². The van der Waals surface area contributed by atoms with Crippen molar-refractivity contribution in [2.75, 3.05) is 6.61 Å². The van der Waals surface area contributed by atoms with Gasteiger partial charge in [0.25, 0.3) is 0 Å². The van der Waals surface area contributed by atoms with Crippen molar-refractivity contribution in [3.8, 4) is 0 Å². The van der Waals surface area contributed by atoms with E-state index in [-0.39, 0.29) is 24.8 Å². The molecule has 0 amide bonds. The average molecular weight is 390 g/mol. The van der Waals surface area contributed by atoms with Gasteiger partial charge in [0, 0.05) is 6.92 Å². The molecule has 2 aliphatic rings. The molecule has 0 aliphatic carbocycles. The summed E-state index contributed by atoms with van der Waals surface area (Å²) < 4.78 is 25.3. The Morgan fingerprint density at radius 2 is 2.00 bits per heavy atom. The molecule has 4 heterocycles. The van der Waals surface area contributed by atoms with Crippen molar-refractivity contribution in [1.82, 2.24) is 19.5 Å². The van der Waals surface area contributed by atoms with Gasteiger partial charge in [-0.15, -0.1) is 0 Å². The first-order valence-electron chi connectivity index (χ1n) is 9.56. The first kappa shape index (κ1) is 19.2. The highest BCUT2D eigenvalue weighted by Gasteiger charge is 2.56. The molecule has 0 radical (unpaired) electrons. The van der Waals surface area contributed by atoms with Crippen molar-refractivity contribution >= 4 is 17.1 Å². The van der Waals surface area contributed by atoms with Crippen LogP contribution < -0.4 is 0 Å². The van der Waals surface area contributed by atoms with E-state index in [0.29, 0.717) is 11.6 Å². The summed E-state index contributed by atoms with van der Waals surface area (Å²) in [5, 5.41) is 0. The average Bonchev–Trinajstić information content (AvgIpc) is 3.24. The fourth-order valence-electron chi connectivity index (χ4n) is 3.84. The molecular weight excluding hydrogens is 364 g/mol. The van der Waals surface area contributed by atoms with Gasteiger partial charge in [-0.05, 0) is 26.2 Å². The van der Waals surface area contributed by atoms with Crippen LogP contribution in [0, 0.1) is 5.92 Å². The highest BCUT2D eigenvalue weighted by Crippen LogP contribution is 2.43. The summed E-state index contributed by atoms with van der Waals surface area (Å²) in [6.45, 7) is 9.48. The van der Waals surface area contributed by atoms with E-state index in [9.17, 15) is 4.79 Å². The molecule has 152 valence electrons. The maximum atomic E-state index is 11.2. The van der Waals surface area contributed by atoms with Gasteiger partial charge in [-0.25, -0.2) is 15.0 Å². The Balaban J connectivity index is 1.67. The van der Waals surface area contributed by atoms with Crippen LogP contribution in [0.2, 0.25) is 0 Å². The van der Waals surface area contributed by atoms with Crippen LogP contribution in [-0.4, -0.2) is 56.2 Å². The Morgan fingerprint density at radius 1 is 1.25 bits per heavy atom. The number of fused-ring (bicyclic) bond motifs is 2. The predicted octanol–water partition coefficient (Wildman–Crippen LogP) is 2.01. The van der Waals surface area contributed by atoms with Crippen molar-refractivity contribution in [2.45, 2.75) is 71.4 Å². The zero-order valence-corrected chi connectivity index (χ0v) is 16.8. The molecule has 2 aromatic heterocycles. The second-order valence-electron chi connectivity index (χ2n) is 8.17. The quantitative estimate of drug-likeness (QED) is 0.715. The third-order valence-corrected chi connectivity index (χ3v) is 4.89. The number of esters is 1. The molecule has 28 heavy (non-hydrogen) atoms. The van der Waals surface area contributed by atoms with Gasteiger partial charge in [0.15, 0.2) is 17.7 Å². The minimum atomic E-state index is -0.750. The Bertz CT molecular complexity index is 880. The van der Waals surface area contributed by atoms with E-state index in [2.05, 4.69) is 28.8 Å². The van der Waals surface area contributed by atoms with E-state index in [1.165, 1.54) is 6.92 Å². The highest BCUT2D eigenvalue weighted by molar-refractivity contribution is 5.73. The van der Waals surface area contributed by atoms with Gasteiger partial charge in [0.2, 0.25) is 0 Å². The summed E-state index contributed by atoms with van der Waals surface area (Å²) in [5.41, 5.74) is 2.36. The minimum absolute atomic E-state index is 0.104. The van der Waals surface area contributed by atoms with Crippen molar-refractivity contribution in [2.24, 2.45) is 5.92 Å². The van der Waals surface area contributed by atoms with Crippen molar-refractivity contribution < 1.29 is 23.7 Å². The molecule has 0 saturated carbocycles. The zero-order valence-electron chi connectivity index (χ0n) is 16.8. The number of ether oxygens (including phenoxy) is 4.